The van der Waals surface area contributed by atoms with Crippen molar-refractivity contribution in [2.75, 3.05) is 0 Å². The standard InChI is InChI=1S/C15H16F2N3OP/c1-9-5-13(21-15(16,17)22)3-4-14(9)11-6-10(2)20-12(7-11)8-18-19-20/h3-8,18-19H,22H2,1-2H3. The molecule has 2 N–H and O–H groups in total. The Balaban J connectivity index is 1.93. The number of allylic oxidation sites excluding steroid dienone is 4. The number of halogens is 2. The third-order valence-corrected chi connectivity index (χ3v) is 3.56. The second-order valence-electron chi connectivity index (χ2n) is 5.19. The topological polar surface area (TPSA) is 36.5 Å². The molecule has 22 heavy (non-hydrogen) atoms. The van der Waals surface area contributed by atoms with Gasteiger partial charge < -0.3 is 10.2 Å². The van der Waals surface area contributed by atoms with Crippen molar-refractivity contribution < 1.29 is 13.5 Å². The Morgan fingerprint density at radius 1 is 1.23 bits per heavy atom. The molecule has 116 valence electrons. The molecule has 2 aliphatic heterocycles. The second-order valence-corrected chi connectivity index (χ2v) is 5.86. The summed E-state index contributed by atoms with van der Waals surface area (Å²) in [6.07, 6.45) is 5.91. The fraction of sp³-hybridized carbons (Fsp3) is 0.200. The summed E-state index contributed by atoms with van der Waals surface area (Å²) in [4.78, 5) is 0. The summed E-state index contributed by atoms with van der Waals surface area (Å²) in [5.74, 6) is -3.12. The monoisotopic (exact) mass is 323 g/mol. The smallest absolute Gasteiger partial charge is 0.408 e. The Bertz CT molecular complexity index is 707. The van der Waals surface area contributed by atoms with Gasteiger partial charge in [-0.3, -0.25) is 5.01 Å². The zero-order chi connectivity index (χ0) is 15.9. The van der Waals surface area contributed by atoms with E-state index >= 15 is 0 Å². The number of rotatable bonds is 3. The van der Waals surface area contributed by atoms with E-state index in [4.69, 9.17) is 0 Å². The number of hydrogen-bond acceptors (Lipinski definition) is 4. The molecule has 4 nitrogen and oxygen atoms in total. The first-order valence-electron chi connectivity index (χ1n) is 6.72. The normalized spacial score (nSPS) is 17.3. The summed E-state index contributed by atoms with van der Waals surface area (Å²) in [7, 11) is 1.37. The second kappa shape index (κ2) is 5.38. The van der Waals surface area contributed by atoms with Crippen molar-refractivity contribution in [2.24, 2.45) is 0 Å². The first-order chi connectivity index (χ1) is 10.3. The lowest BCUT2D eigenvalue weighted by molar-refractivity contribution is -0.0892. The van der Waals surface area contributed by atoms with E-state index < -0.39 is 5.85 Å². The maximum atomic E-state index is 12.9. The maximum absolute atomic E-state index is 12.9. The van der Waals surface area contributed by atoms with Gasteiger partial charge in [0, 0.05) is 11.9 Å². The van der Waals surface area contributed by atoms with Crippen molar-refractivity contribution in [2.45, 2.75) is 19.7 Å². The molecule has 1 aromatic rings. The minimum absolute atomic E-state index is 0.142. The van der Waals surface area contributed by atoms with Gasteiger partial charge in [0.25, 0.3) is 0 Å². The summed E-state index contributed by atoms with van der Waals surface area (Å²) < 4.78 is 30.3. The molecule has 3 rings (SSSR count). The van der Waals surface area contributed by atoms with Crippen molar-refractivity contribution in [1.29, 1.82) is 0 Å². The van der Waals surface area contributed by atoms with E-state index in [2.05, 4.69) is 15.7 Å². The lowest BCUT2D eigenvalue weighted by Gasteiger charge is -2.25. The lowest BCUT2D eigenvalue weighted by atomic mass is 9.97. The highest BCUT2D eigenvalue weighted by molar-refractivity contribution is 7.17. The molecule has 0 amide bonds. The number of ether oxygens (including phenoxy) is 1. The molecular formula is C15H16F2N3OP. The molecule has 1 atom stereocenters. The van der Waals surface area contributed by atoms with Gasteiger partial charge in [0.2, 0.25) is 0 Å². The average molecular weight is 323 g/mol. The van der Waals surface area contributed by atoms with Crippen LogP contribution >= 0.6 is 9.24 Å². The molecule has 0 aromatic heterocycles. The zero-order valence-electron chi connectivity index (χ0n) is 12.2. The molecule has 1 aromatic carbocycles. The largest absolute Gasteiger partial charge is 0.430 e. The van der Waals surface area contributed by atoms with E-state index in [9.17, 15) is 8.78 Å². The van der Waals surface area contributed by atoms with Crippen LogP contribution in [0.1, 0.15) is 18.1 Å². The van der Waals surface area contributed by atoms with Crippen LogP contribution in [0.25, 0.3) is 5.57 Å². The number of hydrazine groups is 2. The number of nitrogens with zero attached hydrogens (tertiary/aromatic N) is 1. The van der Waals surface area contributed by atoms with Gasteiger partial charge in [-0.15, -0.1) is 5.53 Å². The fourth-order valence-corrected chi connectivity index (χ4v) is 2.66. The molecule has 2 aliphatic rings. The van der Waals surface area contributed by atoms with E-state index in [1.54, 1.807) is 18.2 Å². The number of aryl methyl sites for hydroxylation is 1. The van der Waals surface area contributed by atoms with Gasteiger partial charge >= 0.3 is 5.85 Å². The summed E-state index contributed by atoms with van der Waals surface area (Å²) in [6.45, 7) is 3.86. The van der Waals surface area contributed by atoms with Crippen LogP contribution in [0.5, 0.6) is 5.75 Å². The van der Waals surface area contributed by atoms with Crippen LogP contribution in [-0.4, -0.2) is 10.9 Å². The predicted octanol–water partition coefficient (Wildman–Crippen LogP) is 3.27. The zero-order valence-corrected chi connectivity index (χ0v) is 13.3. The molecule has 7 heteroatoms. The minimum atomic E-state index is -3.26. The number of alkyl halides is 2. The number of benzene rings is 1. The van der Waals surface area contributed by atoms with Gasteiger partial charge in [-0.25, -0.2) is 0 Å². The molecule has 1 unspecified atom stereocenters. The quantitative estimate of drug-likeness (QED) is 0.837. The fourth-order valence-electron chi connectivity index (χ4n) is 2.52. The van der Waals surface area contributed by atoms with Gasteiger partial charge in [-0.05, 0) is 64.1 Å². The van der Waals surface area contributed by atoms with Gasteiger partial charge in [-0.1, -0.05) is 6.07 Å². The predicted molar refractivity (Wildman–Crippen MR) is 84.4 cm³/mol. The van der Waals surface area contributed by atoms with Crippen LogP contribution in [0, 0.1) is 6.92 Å². The van der Waals surface area contributed by atoms with E-state index in [0.29, 0.717) is 0 Å². The molecular weight excluding hydrogens is 307 g/mol. The third kappa shape index (κ3) is 2.98. The SMILES string of the molecule is CC1=CC(c2ccc(OC(F)(F)P)cc2C)=CC2=CNNN12. The van der Waals surface area contributed by atoms with Crippen LogP contribution < -0.4 is 15.7 Å². The first-order valence-corrected chi connectivity index (χ1v) is 7.29. The van der Waals surface area contributed by atoms with Crippen LogP contribution in [0.2, 0.25) is 0 Å². The summed E-state index contributed by atoms with van der Waals surface area (Å²) in [5, 5.41) is 1.92. The van der Waals surface area contributed by atoms with Crippen molar-refractivity contribution in [3.05, 3.63) is 59.1 Å². The van der Waals surface area contributed by atoms with E-state index in [0.717, 1.165) is 28.1 Å². The molecule has 0 fully saturated rings. The summed E-state index contributed by atoms with van der Waals surface area (Å²) in [5.41, 5.74) is 10.8. The minimum Gasteiger partial charge on any atom is -0.430 e. The highest BCUT2D eigenvalue weighted by atomic mass is 31.0. The van der Waals surface area contributed by atoms with Gasteiger partial charge in [0.15, 0.2) is 0 Å². The molecule has 0 radical (unpaired) electrons. The van der Waals surface area contributed by atoms with Crippen molar-refractivity contribution >= 4 is 14.8 Å². The van der Waals surface area contributed by atoms with E-state index in [-0.39, 0.29) is 5.75 Å². The lowest BCUT2D eigenvalue weighted by Crippen LogP contribution is -2.36. The Labute approximate surface area is 129 Å². The Morgan fingerprint density at radius 3 is 2.68 bits per heavy atom. The van der Waals surface area contributed by atoms with Crippen LogP contribution in [0.15, 0.2) is 47.9 Å². The number of nitrogens with one attached hydrogen (secondary N) is 2. The van der Waals surface area contributed by atoms with Crippen LogP contribution in [0.4, 0.5) is 8.78 Å². The van der Waals surface area contributed by atoms with Crippen molar-refractivity contribution in [3.63, 3.8) is 0 Å². The maximum Gasteiger partial charge on any atom is 0.408 e. The van der Waals surface area contributed by atoms with Gasteiger partial charge in [0.05, 0.1) is 5.70 Å². The molecule has 2 heterocycles. The van der Waals surface area contributed by atoms with Crippen molar-refractivity contribution in [1.82, 2.24) is 16.0 Å². The molecule has 0 aliphatic carbocycles. The van der Waals surface area contributed by atoms with Crippen molar-refractivity contribution in [3.8, 4) is 5.75 Å². The highest BCUT2D eigenvalue weighted by Gasteiger charge is 2.24. The molecule has 0 saturated carbocycles. The Hall–Kier alpha value is -1.91. The average Bonchev–Trinajstić information content (AvgIpc) is 2.85. The summed E-state index contributed by atoms with van der Waals surface area (Å²) >= 11 is 0. The Kier molecular flexibility index (Phi) is 3.67. The molecule has 0 saturated heterocycles. The molecule has 0 spiro atoms. The number of hydrogen-bond donors (Lipinski definition) is 2. The van der Waals surface area contributed by atoms with Gasteiger partial charge in [0.1, 0.15) is 5.75 Å². The van der Waals surface area contributed by atoms with Gasteiger partial charge in [-0.2, -0.15) is 8.78 Å². The first kappa shape index (κ1) is 15.0. The van der Waals surface area contributed by atoms with Crippen LogP contribution in [0.3, 0.4) is 0 Å². The number of fused-ring (bicyclic) bond motifs is 1. The van der Waals surface area contributed by atoms with E-state index in [1.807, 2.05) is 37.2 Å². The Morgan fingerprint density at radius 2 is 2.00 bits per heavy atom. The van der Waals surface area contributed by atoms with Crippen LogP contribution in [-0.2, 0) is 0 Å². The third-order valence-electron chi connectivity index (χ3n) is 3.44. The van der Waals surface area contributed by atoms with E-state index in [1.165, 1.54) is 9.24 Å². The molecule has 0 bridgehead atoms. The summed E-state index contributed by atoms with van der Waals surface area (Å²) in [6, 6.07) is 4.96. The highest BCUT2D eigenvalue weighted by Crippen LogP contribution is 2.33.